The molecule has 0 aliphatic heterocycles. The molecule has 3 nitrogen and oxygen atoms in total. The quantitative estimate of drug-likeness (QED) is 0.0692. The molecule has 0 fully saturated rings. The molecule has 0 N–H and O–H groups in total. The standard InChI is InChI=1S/C32H12BF24.C14H10N3S/c34-25(35,36)13-1-14(26(37,38)39)6-21(5-13)33(22-7-15(27(40,41)42)2-16(8-22)28(43,44)45,23-9-17(29(46,47)48)3-18(10-23)30(49,50)51)24-11-19(31(52,53)54)4-20(12-24)32(55,56)57;15-8-13(9-16)14(10-17-6-7-18-11-17)12-4-2-1-3-5-12/h1-12H;1-7,11H,10H2/q-1;+1. The van der Waals surface area contributed by atoms with Crippen molar-refractivity contribution in [2.24, 2.45) is 0 Å². The van der Waals surface area contributed by atoms with Gasteiger partial charge in [0.25, 0.3) is 0 Å². The van der Waals surface area contributed by atoms with Crippen LogP contribution in [-0.4, -0.2) is 6.15 Å². The van der Waals surface area contributed by atoms with Gasteiger partial charge >= 0.3 is 49.4 Å². The van der Waals surface area contributed by atoms with Crippen molar-refractivity contribution in [2.45, 2.75) is 56.0 Å². The lowest BCUT2D eigenvalue weighted by Crippen LogP contribution is -2.75. The number of thiazole rings is 1. The van der Waals surface area contributed by atoms with Crippen molar-refractivity contribution in [1.29, 1.82) is 10.5 Å². The van der Waals surface area contributed by atoms with Crippen LogP contribution in [0.15, 0.2) is 126 Å². The van der Waals surface area contributed by atoms with Crippen molar-refractivity contribution in [3.05, 3.63) is 176 Å². The molecule has 29 heteroatoms. The number of hydrogen-bond acceptors (Lipinski definition) is 3. The van der Waals surface area contributed by atoms with E-state index in [0.717, 1.165) is 11.1 Å². The van der Waals surface area contributed by atoms with Gasteiger partial charge in [-0.3, -0.25) is 0 Å². The molecule has 0 bridgehead atoms. The van der Waals surface area contributed by atoms with E-state index in [1.165, 1.54) is 0 Å². The molecule has 0 aliphatic carbocycles. The zero-order chi connectivity index (χ0) is 56.7. The van der Waals surface area contributed by atoms with Crippen LogP contribution in [0.2, 0.25) is 0 Å². The number of aromatic nitrogens is 1. The Bertz CT molecular complexity index is 2690. The number of nitriles is 2. The van der Waals surface area contributed by atoms with E-state index < -0.39 is 195 Å². The molecular weight excluding hydrogens is 1090 g/mol. The second kappa shape index (κ2) is 20.5. The normalized spacial score (nSPS) is 13.1. The highest BCUT2D eigenvalue weighted by Gasteiger charge is 2.47. The highest BCUT2D eigenvalue weighted by molar-refractivity contribution is 7.20. The minimum absolute atomic E-state index is 0.167. The summed E-state index contributed by atoms with van der Waals surface area (Å²) in [6.45, 7) is 0.532. The fourth-order valence-electron chi connectivity index (χ4n) is 7.72. The number of nitrogens with zero attached hydrogens (tertiary/aromatic N) is 3. The van der Waals surface area contributed by atoms with Gasteiger partial charge in [0.1, 0.15) is 23.9 Å². The van der Waals surface area contributed by atoms with Gasteiger partial charge in [0.15, 0.2) is 12.7 Å². The summed E-state index contributed by atoms with van der Waals surface area (Å²) in [4.78, 5) is 0. The number of allylic oxidation sites excluding steroid dienone is 2. The van der Waals surface area contributed by atoms with Crippen LogP contribution in [-0.2, 0) is 56.0 Å². The molecule has 0 atom stereocenters. The highest BCUT2D eigenvalue weighted by atomic mass is 32.1. The lowest BCUT2D eigenvalue weighted by atomic mass is 9.12. The molecular formula is C46H22BF24N3S. The highest BCUT2D eigenvalue weighted by Crippen LogP contribution is 2.41. The first-order chi connectivity index (χ1) is 34.1. The second-order valence-electron chi connectivity index (χ2n) is 15.9. The average Bonchev–Trinajstić information content (AvgIpc) is 3.81. The third kappa shape index (κ3) is 13.6. The third-order valence-corrected chi connectivity index (χ3v) is 11.6. The van der Waals surface area contributed by atoms with Gasteiger partial charge in [-0.25, -0.2) is 0 Å². The Balaban J connectivity index is 0.000000483. The number of benzene rings is 5. The Kier molecular flexibility index (Phi) is 16.1. The van der Waals surface area contributed by atoms with Crippen LogP contribution >= 0.6 is 11.3 Å². The molecule has 0 spiro atoms. The molecule has 398 valence electrons. The first-order valence-corrected chi connectivity index (χ1v) is 20.9. The van der Waals surface area contributed by atoms with Gasteiger partial charge in [0.05, 0.1) is 55.5 Å². The maximum atomic E-state index is 14.2. The van der Waals surface area contributed by atoms with Crippen molar-refractivity contribution in [3.8, 4) is 12.1 Å². The number of halogens is 24. The van der Waals surface area contributed by atoms with E-state index in [4.69, 9.17) is 10.5 Å². The minimum Gasteiger partial charge on any atom is -0.194 e. The van der Waals surface area contributed by atoms with E-state index in [0.29, 0.717) is 6.54 Å². The topological polar surface area (TPSA) is 51.5 Å². The molecule has 5 aromatic carbocycles. The molecule has 0 unspecified atom stereocenters. The van der Waals surface area contributed by atoms with Gasteiger partial charge in [-0.2, -0.15) is 142 Å². The summed E-state index contributed by atoms with van der Waals surface area (Å²) in [5.74, 6) is 0. The van der Waals surface area contributed by atoms with Crippen LogP contribution in [0, 0.1) is 22.7 Å². The van der Waals surface area contributed by atoms with E-state index in [9.17, 15) is 105 Å². The van der Waals surface area contributed by atoms with Crippen LogP contribution < -0.4 is 26.4 Å². The van der Waals surface area contributed by atoms with Crippen molar-refractivity contribution < 1.29 is 110 Å². The first-order valence-electron chi connectivity index (χ1n) is 20.0. The summed E-state index contributed by atoms with van der Waals surface area (Å²) in [5.41, 5.74) is -26.4. The van der Waals surface area contributed by atoms with Crippen LogP contribution in [0.4, 0.5) is 105 Å². The van der Waals surface area contributed by atoms with Gasteiger partial charge in [0, 0.05) is 0 Å². The summed E-state index contributed by atoms with van der Waals surface area (Å²) in [5, 5.41) is 20.1. The van der Waals surface area contributed by atoms with Gasteiger partial charge in [-0.05, 0) is 29.8 Å². The summed E-state index contributed by atoms with van der Waals surface area (Å²) < 4.78 is 343. The van der Waals surface area contributed by atoms with Crippen molar-refractivity contribution in [1.82, 2.24) is 0 Å². The molecule has 6 aromatic rings. The van der Waals surface area contributed by atoms with E-state index in [1.54, 1.807) is 11.3 Å². The maximum absolute atomic E-state index is 14.2. The minimum atomic E-state index is -6.13. The van der Waals surface area contributed by atoms with Crippen molar-refractivity contribution >= 4 is 44.9 Å². The number of alkyl halides is 24. The Morgan fingerprint density at radius 1 is 0.400 bits per heavy atom. The van der Waals surface area contributed by atoms with Gasteiger partial charge in [0.2, 0.25) is 5.51 Å². The smallest absolute Gasteiger partial charge is 0.194 e. The fraction of sp³-hybridized carbons (Fsp3) is 0.196. The van der Waals surface area contributed by atoms with E-state index in [2.05, 4.69) is 0 Å². The molecule has 0 amide bonds. The van der Waals surface area contributed by atoms with Crippen LogP contribution in [0.3, 0.4) is 0 Å². The van der Waals surface area contributed by atoms with Crippen LogP contribution in [0.1, 0.15) is 50.1 Å². The summed E-state index contributed by atoms with van der Waals surface area (Å²) in [6, 6.07) is 4.68. The van der Waals surface area contributed by atoms with E-state index in [-0.39, 0.29) is 5.57 Å². The summed E-state index contributed by atoms with van der Waals surface area (Å²) in [6.07, 6.45) is -52.9. The van der Waals surface area contributed by atoms with Gasteiger partial charge in [-0.1, -0.05) is 90.2 Å². The molecule has 1 aromatic heterocycles. The summed E-state index contributed by atoms with van der Waals surface area (Å²) >= 11 is 1.58. The third-order valence-electron chi connectivity index (χ3n) is 11.0. The van der Waals surface area contributed by atoms with Crippen molar-refractivity contribution in [3.63, 3.8) is 0 Å². The predicted molar refractivity (Wildman–Crippen MR) is 219 cm³/mol. The SMILES string of the molecule is FC(F)(F)c1cc([B-](c2cc(C(F)(F)F)cc(C(F)(F)F)c2)(c2cc(C(F)(F)F)cc(C(F)(F)F)c2)c2cc(C(F)(F)F)cc(C(F)(F)F)c2)cc(C(F)(F)F)c1.N#CC(C#N)=C(C[n+]1ccsc1)c1ccccc1. The number of hydrogen-bond donors (Lipinski definition) is 0. The Morgan fingerprint density at radius 3 is 0.853 bits per heavy atom. The monoisotopic (exact) mass is 1120 g/mol. The molecule has 0 saturated heterocycles. The first kappa shape index (κ1) is 58.7. The van der Waals surface area contributed by atoms with E-state index >= 15 is 0 Å². The Labute approximate surface area is 408 Å². The maximum Gasteiger partial charge on any atom is 0.416 e. The predicted octanol–water partition coefficient (Wildman–Crippen LogP) is 13.8. The zero-order valence-corrected chi connectivity index (χ0v) is 37.0. The molecule has 1 heterocycles. The summed E-state index contributed by atoms with van der Waals surface area (Å²) in [7, 11) is 0. The van der Waals surface area contributed by atoms with Gasteiger partial charge < -0.3 is 0 Å². The van der Waals surface area contributed by atoms with E-state index in [1.807, 2.05) is 64.1 Å². The Morgan fingerprint density at radius 2 is 0.653 bits per heavy atom. The second-order valence-corrected chi connectivity index (χ2v) is 16.6. The van der Waals surface area contributed by atoms with Crippen LogP contribution in [0.5, 0.6) is 0 Å². The number of rotatable bonds is 7. The van der Waals surface area contributed by atoms with Crippen molar-refractivity contribution in [2.75, 3.05) is 0 Å². The Hall–Kier alpha value is -7.17. The lowest BCUT2D eigenvalue weighted by molar-refractivity contribution is -0.679. The lowest BCUT2D eigenvalue weighted by Gasteiger charge is -2.46. The van der Waals surface area contributed by atoms with Crippen LogP contribution in [0.25, 0.3) is 5.57 Å². The molecule has 0 radical (unpaired) electrons. The van der Waals surface area contributed by atoms with Gasteiger partial charge in [-0.15, -0.1) is 0 Å². The average molecular weight is 1120 g/mol. The zero-order valence-electron chi connectivity index (χ0n) is 36.2. The largest absolute Gasteiger partial charge is 0.416 e. The molecule has 0 saturated carbocycles. The fourth-order valence-corrected chi connectivity index (χ4v) is 8.32. The molecule has 75 heavy (non-hydrogen) atoms. The molecule has 0 aliphatic rings. The molecule has 6 rings (SSSR count).